The van der Waals surface area contributed by atoms with Crippen molar-refractivity contribution in [3.8, 4) is 11.5 Å². The highest BCUT2D eigenvalue weighted by Gasteiger charge is 2.38. The topological polar surface area (TPSA) is 94.2 Å². The first-order valence-electron chi connectivity index (χ1n) is 10.3. The normalized spacial score (nSPS) is 20.8. The van der Waals surface area contributed by atoms with Crippen LogP contribution in [0.1, 0.15) is 57.8 Å². The maximum atomic E-state index is 12.8. The zero-order valence-electron chi connectivity index (χ0n) is 17.3. The van der Waals surface area contributed by atoms with Gasteiger partial charge in [-0.25, -0.2) is 0 Å². The molecule has 8 nitrogen and oxygen atoms in total. The van der Waals surface area contributed by atoms with Crippen molar-refractivity contribution < 1.29 is 28.6 Å². The third kappa shape index (κ3) is 3.53. The summed E-state index contributed by atoms with van der Waals surface area (Å²) in [6, 6.07) is 9.68. The standard InChI is InChI=1S/C23H22N2O6/c1-23(2)30-18-8-6-14(11-19(18)31-23)24-20(26)13-5-7-16-17(10-13)22(28)25(21(16)27)12-15-4-3-9-29-15/h5-8,10-11,15H,3-4,9,12H2,1-2H3,(H,24,26). The zero-order chi connectivity index (χ0) is 21.8. The van der Waals surface area contributed by atoms with E-state index in [4.69, 9.17) is 14.2 Å². The molecule has 0 radical (unpaired) electrons. The van der Waals surface area contributed by atoms with Crippen LogP contribution in [-0.2, 0) is 4.74 Å². The van der Waals surface area contributed by atoms with Gasteiger partial charge in [-0.1, -0.05) is 0 Å². The molecule has 0 saturated carbocycles. The number of hydrogen-bond donors (Lipinski definition) is 1. The Balaban J connectivity index is 1.33. The summed E-state index contributed by atoms with van der Waals surface area (Å²) < 4.78 is 16.9. The first kappa shape index (κ1) is 19.6. The summed E-state index contributed by atoms with van der Waals surface area (Å²) >= 11 is 0. The van der Waals surface area contributed by atoms with E-state index < -0.39 is 17.6 Å². The molecule has 0 aliphatic carbocycles. The second-order valence-corrected chi connectivity index (χ2v) is 8.34. The molecule has 3 heterocycles. The van der Waals surface area contributed by atoms with E-state index >= 15 is 0 Å². The fourth-order valence-electron chi connectivity index (χ4n) is 4.09. The molecule has 8 heteroatoms. The van der Waals surface area contributed by atoms with E-state index in [1.54, 1.807) is 38.1 Å². The van der Waals surface area contributed by atoms with Crippen LogP contribution in [0.2, 0.25) is 0 Å². The maximum absolute atomic E-state index is 12.8. The van der Waals surface area contributed by atoms with Crippen LogP contribution < -0.4 is 14.8 Å². The average Bonchev–Trinajstić information content (AvgIpc) is 3.41. The van der Waals surface area contributed by atoms with Crippen LogP contribution in [0.3, 0.4) is 0 Å². The molecular formula is C23H22N2O6. The van der Waals surface area contributed by atoms with Crippen molar-refractivity contribution >= 4 is 23.4 Å². The van der Waals surface area contributed by atoms with Gasteiger partial charge in [0.25, 0.3) is 17.7 Å². The first-order chi connectivity index (χ1) is 14.8. The highest BCUT2D eigenvalue weighted by Crippen LogP contribution is 2.40. The second-order valence-electron chi connectivity index (χ2n) is 8.34. The number of benzene rings is 2. The number of carbonyl (C=O) groups is 3. The molecule has 1 saturated heterocycles. The Labute approximate surface area is 179 Å². The van der Waals surface area contributed by atoms with Gasteiger partial charge in [0.1, 0.15) is 0 Å². The predicted octanol–water partition coefficient (Wildman–Crippen LogP) is 3.22. The third-order valence-corrected chi connectivity index (χ3v) is 5.56. The maximum Gasteiger partial charge on any atom is 0.261 e. The van der Waals surface area contributed by atoms with E-state index in [0.29, 0.717) is 29.4 Å². The van der Waals surface area contributed by atoms with Gasteiger partial charge >= 0.3 is 0 Å². The number of amides is 3. The van der Waals surface area contributed by atoms with Crippen LogP contribution in [-0.4, -0.2) is 47.7 Å². The minimum absolute atomic E-state index is 0.124. The van der Waals surface area contributed by atoms with Crippen molar-refractivity contribution in [1.82, 2.24) is 4.90 Å². The van der Waals surface area contributed by atoms with Gasteiger partial charge in [-0.2, -0.15) is 0 Å². The number of carbonyl (C=O) groups excluding carboxylic acids is 3. The lowest BCUT2D eigenvalue weighted by Crippen LogP contribution is -2.36. The Bertz CT molecular complexity index is 1100. The summed E-state index contributed by atoms with van der Waals surface area (Å²) in [6.45, 7) is 4.49. The number of nitrogens with zero attached hydrogens (tertiary/aromatic N) is 1. The molecule has 1 unspecified atom stereocenters. The van der Waals surface area contributed by atoms with Gasteiger partial charge in [0.2, 0.25) is 5.79 Å². The van der Waals surface area contributed by atoms with Gasteiger partial charge in [0.05, 0.1) is 23.8 Å². The monoisotopic (exact) mass is 422 g/mol. The summed E-state index contributed by atoms with van der Waals surface area (Å²) in [5.74, 6) is -0.735. The van der Waals surface area contributed by atoms with Crippen LogP contribution in [0.25, 0.3) is 0 Å². The molecule has 0 bridgehead atoms. The highest BCUT2D eigenvalue weighted by atomic mass is 16.7. The number of imide groups is 1. The first-order valence-corrected chi connectivity index (χ1v) is 10.3. The molecule has 3 aliphatic rings. The predicted molar refractivity (Wildman–Crippen MR) is 111 cm³/mol. The van der Waals surface area contributed by atoms with Crippen molar-refractivity contribution in [2.24, 2.45) is 0 Å². The number of anilines is 1. The van der Waals surface area contributed by atoms with Gasteiger partial charge in [0.15, 0.2) is 11.5 Å². The van der Waals surface area contributed by atoms with Gasteiger partial charge in [-0.3, -0.25) is 19.3 Å². The Morgan fingerprint density at radius 3 is 2.61 bits per heavy atom. The van der Waals surface area contributed by atoms with E-state index in [9.17, 15) is 14.4 Å². The summed E-state index contributed by atoms with van der Waals surface area (Å²) in [5, 5.41) is 2.80. The molecule has 31 heavy (non-hydrogen) atoms. The average molecular weight is 422 g/mol. The zero-order valence-corrected chi connectivity index (χ0v) is 17.3. The highest BCUT2D eigenvalue weighted by molar-refractivity contribution is 6.22. The fourth-order valence-corrected chi connectivity index (χ4v) is 4.09. The minimum Gasteiger partial charge on any atom is -0.449 e. The molecule has 1 atom stereocenters. The molecule has 0 aromatic heterocycles. The van der Waals surface area contributed by atoms with Gasteiger partial charge in [0, 0.05) is 37.8 Å². The minimum atomic E-state index is -0.757. The summed E-state index contributed by atoms with van der Waals surface area (Å²) in [7, 11) is 0. The largest absolute Gasteiger partial charge is 0.449 e. The Kier molecular flexibility index (Phi) is 4.48. The Morgan fingerprint density at radius 1 is 1.06 bits per heavy atom. The van der Waals surface area contributed by atoms with E-state index in [-0.39, 0.29) is 29.7 Å². The van der Waals surface area contributed by atoms with Gasteiger partial charge in [-0.15, -0.1) is 0 Å². The number of hydrogen-bond acceptors (Lipinski definition) is 6. The molecule has 2 aromatic rings. The molecular weight excluding hydrogens is 400 g/mol. The Hall–Kier alpha value is -3.39. The van der Waals surface area contributed by atoms with E-state index in [0.717, 1.165) is 12.8 Å². The van der Waals surface area contributed by atoms with E-state index in [1.165, 1.54) is 17.0 Å². The van der Waals surface area contributed by atoms with Crippen LogP contribution >= 0.6 is 0 Å². The van der Waals surface area contributed by atoms with Gasteiger partial charge < -0.3 is 19.5 Å². The van der Waals surface area contributed by atoms with Crippen molar-refractivity contribution in [3.05, 3.63) is 53.1 Å². The number of rotatable bonds is 4. The van der Waals surface area contributed by atoms with Crippen LogP contribution in [0.5, 0.6) is 11.5 Å². The molecule has 3 amide bonds. The molecule has 1 fully saturated rings. The van der Waals surface area contributed by atoms with E-state index in [2.05, 4.69) is 5.32 Å². The van der Waals surface area contributed by atoms with Gasteiger partial charge in [-0.05, 0) is 43.2 Å². The molecule has 3 aliphatic heterocycles. The van der Waals surface area contributed by atoms with Crippen molar-refractivity contribution in [3.63, 3.8) is 0 Å². The Morgan fingerprint density at radius 2 is 1.84 bits per heavy atom. The summed E-state index contributed by atoms with van der Waals surface area (Å²) in [4.78, 5) is 39.4. The van der Waals surface area contributed by atoms with Crippen LogP contribution in [0.15, 0.2) is 36.4 Å². The smallest absolute Gasteiger partial charge is 0.261 e. The lowest BCUT2D eigenvalue weighted by molar-refractivity contribution is -0.0431. The number of ether oxygens (including phenoxy) is 3. The molecule has 160 valence electrons. The SMILES string of the molecule is CC1(C)Oc2ccc(NC(=O)c3ccc4c(c3)C(=O)N(CC3CCCO3)C4=O)cc2O1. The molecule has 5 rings (SSSR count). The quantitative estimate of drug-likeness (QED) is 0.761. The summed E-state index contributed by atoms with van der Waals surface area (Å²) in [6.07, 6.45) is 1.63. The second kappa shape index (κ2) is 7.09. The van der Waals surface area contributed by atoms with Crippen LogP contribution in [0.4, 0.5) is 5.69 Å². The van der Waals surface area contributed by atoms with Crippen molar-refractivity contribution in [1.29, 1.82) is 0 Å². The molecule has 0 spiro atoms. The van der Waals surface area contributed by atoms with Crippen molar-refractivity contribution in [2.45, 2.75) is 38.6 Å². The molecule has 2 aromatic carbocycles. The number of fused-ring (bicyclic) bond motifs is 2. The molecule has 1 N–H and O–H groups in total. The van der Waals surface area contributed by atoms with Crippen LogP contribution in [0, 0.1) is 0 Å². The lowest BCUT2D eigenvalue weighted by atomic mass is 10.1. The van der Waals surface area contributed by atoms with E-state index in [1.807, 2.05) is 0 Å². The summed E-state index contributed by atoms with van der Waals surface area (Å²) in [5.41, 5.74) is 1.37. The third-order valence-electron chi connectivity index (χ3n) is 5.56. The fraction of sp³-hybridized carbons (Fsp3) is 0.348. The van der Waals surface area contributed by atoms with Crippen molar-refractivity contribution in [2.75, 3.05) is 18.5 Å². The number of nitrogens with one attached hydrogen (secondary N) is 1. The lowest BCUT2D eigenvalue weighted by Gasteiger charge is -2.17.